The van der Waals surface area contributed by atoms with Crippen LogP contribution in [0.4, 0.5) is 5.69 Å². The lowest BCUT2D eigenvalue weighted by atomic mass is 10.1. The molecule has 0 heterocycles. The van der Waals surface area contributed by atoms with Gasteiger partial charge in [-0.2, -0.15) is 0 Å². The zero-order valence-electron chi connectivity index (χ0n) is 13.5. The van der Waals surface area contributed by atoms with Crippen LogP contribution < -0.4 is 5.32 Å². The first-order chi connectivity index (χ1) is 10.1. The summed E-state index contributed by atoms with van der Waals surface area (Å²) in [5, 5.41) is 13.0. The van der Waals surface area contributed by atoms with Crippen molar-refractivity contribution in [3.05, 3.63) is 29.8 Å². The van der Waals surface area contributed by atoms with Gasteiger partial charge in [-0.1, -0.05) is 25.5 Å². The van der Waals surface area contributed by atoms with Crippen molar-refractivity contribution in [1.82, 2.24) is 0 Å². The van der Waals surface area contributed by atoms with E-state index in [9.17, 15) is 5.11 Å². The Balaban J connectivity index is 2.13. The molecule has 120 valence electrons. The summed E-state index contributed by atoms with van der Waals surface area (Å²) in [6.45, 7) is 8.04. The maximum Gasteiger partial charge on any atom is 0.0945 e. The van der Waals surface area contributed by atoms with E-state index in [-0.39, 0.29) is 6.10 Å². The number of benzene rings is 1. The fourth-order valence-electron chi connectivity index (χ4n) is 1.93. The van der Waals surface area contributed by atoms with Gasteiger partial charge in [0.1, 0.15) is 0 Å². The summed E-state index contributed by atoms with van der Waals surface area (Å²) in [6.07, 6.45) is 1.97. The van der Waals surface area contributed by atoms with Gasteiger partial charge in [0.2, 0.25) is 0 Å². The average Bonchev–Trinajstić information content (AvgIpc) is 2.46. The minimum Gasteiger partial charge on any atom is -0.389 e. The minimum absolute atomic E-state index is 0.218. The van der Waals surface area contributed by atoms with Gasteiger partial charge in [0.25, 0.3) is 0 Å². The SMILES string of the molecule is CCCc1ccc(NCC(O)COCCOC(C)C)cc1. The molecular formula is C17H29NO3. The van der Waals surface area contributed by atoms with Crippen molar-refractivity contribution in [3.8, 4) is 0 Å². The molecule has 0 aliphatic carbocycles. The summed E-state index contributed by atoms with van der Waals surface area (Å²) < 4.78 is 10.7. The number of ether oxygens (including phenoxy) is 2. The van der Waals surface area contributed by atoms with E-state index in [1.54, 1.807) is 0 Å². The summed E-state index contributed by atoms with van der Waals surface area (Å²) >= 11 is 0. The van der Waals surface area contributed by atoms with E-state index < -0.39 is 6.10 Å². The quantitative estimate of drug-likeness (QED) is 0.616. The predicted molar refractivity (Wildman–Crippen MR) is 86.8 cm³/mol. The smallest absolute Gasteiger partial charge is 0.0945 e. The molecule has 0 aliphatic heterocycles. The molecule has 21 heavy (non-hydrogen) atoms. The molecule has 1 rings (SSSR count). The Labute approximate surface area is 128 Å². The highest BCUT2D eigenvalue weighted by Gasteiger charge is 2.04. The van der Waals surface area contributed by atoms with Crippen molar-refractivity contribution in [2.24, 2.45) is 0 Å². The first-order valence-electron chi connectivity index (χ1n) is 7.82. The van der Waals surface area contributed by atoms with Crippen molar-refractivity contribution >= 4 is 5.69 Å². The molecule has 0 aromatic heterocycles. The Hall–Kier alpha value is -1.10. The second-order valence-corrected chi connectivity index (χ2v) is 5.48. The summed E-state index contributed by atoms with van der Waals surface area (Å²) in [7, 11) is 0. The lowest BCUT2D eigenvalue weighted by molar-refractivity contribution is -0.00734. The fraction of sp³-hybridized carbons (Fsp3) is 0.647. The molecule has 1 unspecified atom stereocenters. The van der Waals surface area contributed by atoms with E-state index in [0.717, 1.165) is 18.5 Å². The third kappa shape index (κ3) is 8.71. The molecule has 2 N–H and O–H groups in total. The topological polar surface area (TPSA) is 50.7 Å². The highest BCUT2D eigenvalue weighted by Crippen LogP contribution is 2.10. The number of aryl methyl sites for hydroxylation is 1. The largest absolute Gasteiger partial charge is 0.389 e. The predicted octanol–water partition coefficient (Wildman–Crippen LogP) is 2.85. The number of nitrogens with one attached hydrogen (secondary N) is 1. The summed E-state index contributed by atoms with van der Waals surface area (Å²) in [5.41, 5.74) is 2.37. The van der Waals surface area contributed by atoms with Crippen LogP contribution >= 0.6 is 0 Å². The lowest BCUT2D eigenvalue weighted by Crippen LogP contribution is -2.25. The maximum absolute atomic E-state index is 9.83. The summed E-state index contributed by atoms with van der Waals surface area (Å²) in [5.74, 6) is 0. The fourth-order valence-corrected chi connectivity index (χ4v) is 1.93. The molecule has 4 nitrogen and oxygen atoms in total. The molecule has 0 saturated carbocycles. The molecular weight excluding hydrogens is 266 g/mol. The molecule has 0 fully saturated rings. The molecule has 1 aromatic carbocycles. The zero-order valence-corrected chi connectivity index (χ0v) is 13.5. The first-order valence-corrected chi connectivity index (χ1v) is 7.82. The van der Waals surface area contributed by atoms with Gasteiger partial charge in [-0.05, 0) is 38.0 Å². The third-order valence-electron chi connectivity index (χ3n) is 3.02. The van der Waals surface area contributed by atoms with Crippen molar-refractivity contribution in [2.45, 2.75) is 45.8 Å². The average molecular weight is 295 g/mol. The molecule has 1 aromatic rings. The number of hydrogen-bond donors (Lipinski definition) is 2. The standard InChI is InChI=1S/C17H29NO3/c1-4-5-15-6-8-16(9-7-15)18-12-17(19)13-20-10-11-21-14(2)3/h6-9,14,17-19H,4-5,10-13H2,1-3H3. The highest BCUT2D eigenvalue weighted by atomic mass is 16.5. The van der Waals surface area contributed by atoms with Gasteiger partial charge in [0, 0.05) is 12.2 Å². The van der Waals surface area contributed by atoms with E-state index in [1.165, 1.54) is 5.56 Å². The second-order valence-electron chi connectivity index (χ2n) is 5.48. The van der Waals surface area contributed by atoms with E-state index in [4.69, 9.17) is 9.47 Å². The van der Waals surface area contributed by atoms with Gasteiger partial charge in [0.15, 0.2) is 0 Å². The van der Waals surface area contributed by atoms with Gasteiger partial charge in [-0.25, -0.2) is 0 Å². The van der Waals surface area contributed by atoms with E-state index in [1.807, 2.05) is 13.8 Å². The number of hydrogen-bond acceptors (Lipinski definition) is 4. The summed E-state index contributed by atoms with van der Waals surface area (Å²) in [6, 6.07) is 8.35. The van der Waals surface area contributed by atoms with Crippen LogP contribution in [0.2, 0.25) is 0 Å². The maximum atomic E-state index is 9.83. The zero-order chi connectivity index (χ0) is 15.5. The van der Waals surface area contributed by atoms with Crippen LogP contribution in [0.3, 0.4) is 0 Å². The van der Waals surface area contributed by atoms with Crippen LogP contribution in [-0.2, 0) is 15.9 Å². The van der Waals surface area contributed by atoms with Gasteiger partial charge in [-0.3, -0.25) is 0 Å². The van der Waals surface area contributed by atoms with E-state index in [0.29, 0.717) is 26.4 Å². The number of rotatable bonds is 11. The van der Waals surface area contributed by atoms with Crippen LogP contribution in [-0.4, -0.2) is 43.7 Å². The number of aliphatic hydroxyl groups is 1. The highest BCUT2D eigenvalue weighted by molar-refractivity contribution is 5.44. The first kappa shape index (κ1) is 18.0. The van der Waals surface area contributed by atoms with E-state index in [2.05, 4.69) is 36.5 Å². The monoisotopic (exact) mass is 295 g/mol. The Kier molecular flexibility index (Phi) is 9.06. The van der Waals surface area contributed by atoms with Gasteiger partial charge >= 0.3 is 0 Å². The number of aliphatic hydroxyl groups excluding tert-OH is 1. The Morgan fingerprint density at radius 3 is 2.48 bits per heavy atom. The van der Waals surface area contributed by atoms with E-state index >= 15 is 0 Å². The third-order valence-corrected chi connectivity index (χ3v) is 3.02. The Morgan fingerprint density at radius 1 is 1.14 bits per heavy atom. The Morgan fingerprint density at radius 2 is 1.86 bits per heavy atom. The van der Waals surface area contributed by atoms with Gasteiger partial charge < -0.3 is 19.9 Å². The molecule has 0 saturated heterocycles. The lowest BCUT2D eigenvalue weighted by Gasteiger charge is -2.14. The molecule has 0 radical (unpaired) electrons. The second kappa shape index (κ2) is 10.6. The van der Waals surface area contributed by atoms with Crippen molar-refractivity contribution in [2.75, 3.05) is 31.7 Å². The molecule has 4 heteroatoms. The van der Waals surface area contributed by atoms with Crippen LogP contribution in [0, 0.1) is 0 Å². The van der Waals surface area contributed by atoms with Gasteiger partial charge in [0.05, 0.1) is 32.0 Å². The molecule has 0 amide bonds. The molecule has 0 spiro atoms. The Bertz CT molecular complexity index is 365. The van der Waals surface area contributed by atoms with Crippen molar-refractivity contribution in [1.29, 1.82) is 0 Å². The van der Waals surface area contributed by atoms with Crippen LogP contribution in [0.15, 0.2) is 24.3 Å². The van der Waals surface area contributed by atoms with Gasteiger partial charge in [-0.15, -0.1) is 0 Å². The van der Waals surface area contributed by atoms with Crippen LogP contribution in [0.5, 0.6) is 0 Å². The van der Waals surface area contributed by atoms with Crippen molar-refractivity contribution < 1.29 is 14.6 Å². The van der Waals surface area contributed by atoms with Crippen LogP contribution in [0.1, 0.15) is 32.8 Å². The summed E-state index contributed by atoms with van der Waals surface area (Å²) in [4.78, 5) is 0. The molecule has 0 bridgehead atoms. The van der Waals surface area contributed by atoms with Crippen molar-refractivity contribution in [3.63, 3.8) is 0 Å². The molecule has 0 aliphatic rings. The molecule has 1 atom stereocenters. The number of anilines is 1. The van der Waals surface area contributed by atoms with Crippen LogP contribution in [0.25, 0.3) is 0 Å². The normalized spacial score (nSPS) is 12.6. The minimum atomic E-state index is -0.514.